The average Bonchev–Trinajstić information content (AvgIpc) is 2.97. The number of ether oxygens (including phenoxy) is 9. The van der Waals surface area contributed by atoms with E-state index in [1.54, 1.807) is 12.1 Å². The molecule has 1 unspecified atom stereocenters. The van der Waals surface area contributed by atoms with Crippen molar-refractivity contribution in [3.05, 3.63) is 42.5 Å². The van der Waals surface area contributed by atoms with Crippen molar-refractivity contribution in [2.75, 3.05) is 112 Å². The molecule has 1 rings (SSSR count). The second-order valence-electron chi connectivity index (χ2n) is 8.01. The first kappa shape index (κ1) is 38.8. The smallest absolute Gasteiger partial charge is 0.330 e. The summed E-state index contributed by atoms with van der Waals surface area (Å²) >= 11 is 0. The van der Waals surface area contributed by atoms with Crippen LogP contribution >= 0.6 is 0 Å². The third kappa shape index (κ3) is 29.1. The first-order valence-electron chi connectivity index (χ1n) is 13.5. The van der Waals surface area contributed by atoms with Gasteiger partial charge < -0.3 is 58.0 Å². The highest BCUT2D eigenvalue weighted by molar-refractivity contribution is 5.84. The van der Waals surface area contributed by atoms with Gasteiger partial charge in [-0.3, -0.25) is 0 Å². The molecule has 0 saturated heterocycles. The first-order valence-corrected chi connectivity index (χ1v) is 13.5. The summed E-state index contributed by atoms with van der Waals surface area (Å²) in [6.07, 6.45) is -0.722. The van der Waals surface area contributed by atoms with E-state index in [-0.39, 0.29) is 18.8 Å². The molecule has 0 heterocycles. The molecule has 0 aliphatic heterocycles. The number of carbonyl (C=O) groups is 1. The summed E-state index contributed by atoms with van der Waals surface area (Å²) in [5.74, 6) is -0.297. The number of rotatable bonds is 28. The number of hydrogen-bond acceptors (Lipinski definition) is 12. The van der Waals surface area contributed by atoms with Gasteiger partial charge in [-0.05, 0) is 19.1 Å². The lowest BCUT2D eigenvalue weighted by Gasteiger charge is -2.17. The highest BCUT2D eigenvalue weighted by atomic mass is 16.7. The van der Waals surface area contributed by atoms with Crippen LogP contribution in [0.3, 0.4) is 0 Å². The summed E-state index contributed by atoms with van der Waals surface area (Å²) in [6, 6.07) is 9.19. The molecule has 0 bridgehead atoms. The standard InChI is InChI=1S/C24H42O11.C4H6O2/c25-6-7-27-8-9-28-10-11-29-12-13-30-14-15-31-16-17-32-18-19-33-20-21-34-24(22-26)35-23-4-2-1-3-5-23;1-3(2)4(5)6/h1-5,24-26H,6-22H2;1H2,2H3,(H,5,6). The molecule has 1 atom stereocenters. The van der Waals surface area contributed by atoms with Crippen LogP contribution in [-0.2, 0) is 42.7 Å². The Morgan fingerprint density at radius 3 is 1.32 bits per heavy atom. The van der Waals surface area contributed by atoms with E-state index in [2.05, 4.69) is 6.58 Å². The molecule has 1 aromatic rings. The molecule has 238 valence electrons. The van der Waals surface area contributed by atoms with Gasteiger partial charge in [0.25, 0.3) is 0 Å². The maximum Gasteiger partial charge on any atom is 0.330 e. The van der Waals surface area contributed by atoms with E-state index in [1.807, 2.05) is 18.2 Å². The van der Waals surface area contributed by atoms with Crippen LogP contribution < -0.4 is 4.74 Å². The predicted octanol–water partition coefficient (Wildman–Crippen LogP) is 1.16. The second-order valence-corrected chi connectivity index (χ2v) is 8.01. The predicted molar refractivity (Wildman–Crippen MR) is 149 cm³/mol. The highest BCUT2D eigenvalue weighted by Gasteiger charge is 2.08. The molecule has 0 amide bonds. The van der Waals surface area contributed by atoms with Crippen molar-refractivity contribution in [3.63, 3.8) is 0 Å². The molecule has 0 aliphatic rings. The third-order valence-corrected chi connectivity index (χ3v) is 4.52. The van der Waals surface area contributed by atoms with Crippen LogP contribution in [0.15, 0.2) is 42.5 Å². The van der Waals surface area contributed by atoms with Crippen molar-refractivity contribution >= 4 is 5.97 Å². The monoisotopic (exact) mass is 592 g/mol. The molecule has 0 aromatic heterocycles. The van der Waals surface area contributed by atoms with Crippen LogP contribution in [0, 0.1) is 0 Å². The number of aliphatic hydroxyl groups excluding tert-OH is 2. The van der Waals surface area contributed by atoms with E-state index >= 15 is 0 Å². The summed E-state index contributed by atoms with van der Waals surface area (Å²) in [7, 11) is 0. The zero-order chi connectivity index (χ0) is 30.2. The number of aliphatic hydroxyl groups is 2. The van der Waals surface area contributed by atoms with Crippen molar-refractivity contribution in [1.82, 2.24) is 0 Å². The SMILES string of the molecule is C=C(C)C(=O)O.OCCOCCOCCOCCOCCOCCOCCOCCOC(CO)Oc1ccccc1. The van der Waals surface area contributed by atoms with E-state index < -0.39 is 12.3 Å². The Morgan fingerprint density at radius 1 is 0.659 bits per heavy atom. The fourth-order valence-corrected chi connectivity index (χ4v) is 2.50. The molecule has 0 radical (unpaired) electrons. The molecular weight excluding hydrogens is 544 g/mol. The molecule has 13 nitrogen and oxygen atoms in total. The number of carboxylic acid groups (broad SMARTS) is 1. The maximum absolute atomic E-state index is 9.60. The maximum atomic E-state index is 9.60. The lowest BCUT2D eigenvalue weighted by molar-refractivity contribution is -0.132. The molecule has 1 aromatic carbocycles. The number of hydrogen-bond donors (Lipinski definition) is 3. The lowest BCUT2D eigenvalue weighted by Crippen LogP contribution is -2.26. The van der Waals surface area contributed by atoms with E-state index in [4.69, 9.17) is 52.8 Å². The minimum absolute atomic E-state index is 0.0235. The van der Waals surface area contributed by atoms with Gasteiger partial charge in [-0.2, -0.15) is 0 Å². The molecule has 0 fully saturated rings. The Morgan fingerprint density at radius 2 is 1.00 bits per heavy atom. The first-order chi connectivity index (χ1) is 20.0. The fraction of sp³-hybridized carbons (Fsp3) is 0.679. The molecule has 0 saturated carbocycles. The second kappa shape index (κ2) is 30.8. The van der Waals surface area contributed by atoms with Crippen LogP contribution in [0.1, 0.15) is 6.92 Å². The Labute approximate surface area is 242 Å². The quantitative estimate of drug-likeness (QED) is 0.0723. The Balaban J connectivity index is 0.00000239. The zero-order valence-electron chi connectivity index (χ0n) is 24.1. The number of aliphatic carboxylic acids is 1. The Hall–Kier alpha value is -2.17. The summed E-state index contributed by atoms with van der Waals surface area (Å²) in [5.41, 5.74) is 0.176. The van der Waals surface area contributed by atoms with E-state index in [1.165, 1.54) is 6.92 Å². The van der Waals surface area contributed by atoms with Gasteiger partial charge in [0, 0.05) is 5.57 Å². The number of para-hydroxylation sites is 1. The fourth-order valence-electron chi connectivity index (χ4n) is 2.50. The minimum atomic E-state index is -0.935. The largest absolute Gasteiger partial charge is 0.478 e. The zero-order valence-corrected chi connectivity index (χ0v) is 24.1. The van der Waals surface area contributed by atoms with Gasteiger partial charge >= 0.3 is 5.97 Å². The van der Waals surface area contributed by atoms with Crippen molar-refractivity contribution < 1.29 is 62.7 Å². The van der Waals surface area contributed by atoms with Crippen molar-refractivity contribution in [2.45, 2.75) is 13.2 Å². The lowest BCUT2D eigenvalue weighted by atomic mass is 10.3. The Bertz CT molecular complexity index is 693. The van der Waals surface area contributed by atoms with Crippen LogP contribution in [0.5, 0.6) is 5.75 Å². The van der Waals surface area contributed by atoms with E-state index in [0.29, 0.717) is 105 Å². The van der Waals surface area contributed by atoms with Crippen LogP contribution in [-0.4, -0.2) is 140 Å². The van der Waals surface area contributed by atoms with Crippen molar-refractivity contribution in [1.29, 1.82) is 0 Å². The van der Waals surface area contributed by atoms with Gasteiger partial charge in [-0.15, -0.1) is 0 Å². The van der Waals surface area contributed by atoms with Gasteiger partial charge in [-0.25, -0.2) is 4.79 Å². The van der Waals surface area contributed by atoms with E-state index in [9.17, 15) is 9.90 Å². The van der Waals surface area contributed by atoms with Crippen molar-refractivity contribution in [3.8, 4) is 5.75 Å². The molecule has 13 heteroatoms. The Kier molecular flexibility index (Phi) is 29.2. The summed E-state index contributed by atoms with van der Waals surface area (Å²) in [6.45, 7) is 11.2. The summed E-state index contributed by atoms with van der Waals surface area (Å²) in [4.78, 5) is 9.60. The molecule has 41 heavy (non-hydrogen) atoms. The van der Waals surface area contributed by atoms with Crippen LogP contribution in [0.25, 0.3) is 0 Å². The van der Waals surface area contributed by atoms with Crippen molar-refractivity contribution in [2.24, 2.45) is 0 Å². The molecular formula is C28H48O13. The van der Waals surface area contributed by atoms with E-state index in [0.717, 1.165) is 0 Å². The van der Waals surface area contributed by atoms with Crippen LogP contribution in [0.2, 0.25) is 0 Å². The molecule has 0 spiro atoms. The topological polar surface area (TPSA) is 161 Å². The van der Waals surface area contributed by atoms with Gasteiger partial charge in [0.2, 0.25) is 6.29 Å². The third-order valence-electron chi connectivity index (χ3n) is 4.52. The van der Waals surface area contributed by atoms with Gasteiger partial charge in [0.15, 0.2) is 0 Å². The molecule has 3 N–H and O–H groups in total. The highest BCUT2D eigenvalue weighted by Crippen LogP contribution is 2.11. The normalized spacial score (nSPS) is 11.5. The van der Waals surface area contributed by atoms with Gasteiger partial charge in [0.05, 0.1) is 106 Å². The summed E-state index contributed by atoms with van der Waals surface area (Å²) in [5, 5.41) is 25.8. The number of benzene rings is 1. The summed E-state index contributed by atoms with van der Waals surface area (Å²) < 4.78 is 48.4. The minimum Gasteiger partial charge on any atom is -0.478 e. The average molecular weight is 593 g/mol. The van der Waals surface area contributed by atoms with Crippen LogP contribution in [0.4, 0.5) is 0 Å². The van der Waals surface area contributed by atoms with Gasteiger partial charge in [-0.1, -0.05) is 24.8 Å². The van der Waals surface area contributed by atoms with Gasteiger partial charge in [0.1, 0.15) is 12.4 Å². The molecule has 0 aliphatic carbocycles. The number of carboxylic acids is 1.